The van der Waals surface area contributed by atoms with E-state index in [0.29, 0.717) is 22.5 Å². The Bertz CT molecular complexity index is 292. The van der Waals surface area contributed by atoms with E-state index >= 15 is 0 Å². The van der Waals surface area contributed by atoms with Crippen LogP contribution < -0.4 is 0 Å². The lowest BCUT2D eigenvalue weighted by Crippen LogP contribution is -2.25. The number of ketones is 1. The number of Topliss-reactive ketones (excluding diaryl/α,β-unsaturated/α-hetero) is 1. The van der Waals surface area contributed by atoms with Crippen LogP contribution in [0.2, 0.25) is 0 Å². The second-order valence-corrected chi connectivity index (χ2v) is 6.59. The molecule has 78 valence electrons. The molecule has 3 atom stereocenters. The molecule has 0 N–H and O–H groups in total. The van der Waals surface area contributed by atoms with Gasteiger partial charge in [-0.3, -0.25) is 4.79 Å². The molecule has 0 amide bonds. The van der Waals surface area contributed by atoms with Crippen LogP contribution in [-0.2, 0) is 4.79 Å². The van der Waals surface area contributed by atoms with Crippen LogP contribution >= 0.6 is 0 Å². The SMILES string of the molecule is CC1(C)C[C@H]2CC(=O)[C@@H]3CCC[C@]23C1. The predicted octanol–water partition coefficient (Wildman–Crippen LogP) is 3.18. The van der Waals surface area contributed by atoms with E-state index in [1.165, 1.54) is 32.1 Å². The lowest BCUT2D eigenvalue weighted by atomic mass is 9.74. The summed E-state index contributed by atoms with van der Waals surface area (Å²) in [5.41, 5.74) is 0.981. The third-order valence-corrected chi connectivity index (χ3v) is 5.08. The van der Waals surface area contributed by atoms with Crippen LogP contribution in [0.25, 0.3) is 0 Å². The second-order valence-electron chi connectivity index (χ2n) is 6.59. The maximum Gasteiger partial charge on any atom is 0.136 e. The third-order valence-electron chi connectivity index (χ3n) is 5.08. The molecule has 1 spiro atoms. The fourth-order valence-corrected chi connectivity index (χ4v) is 4.92. The van der Waals surface area contributed by atoms with Crippen LogP contribution in [0, 0.1) is 22.7 Å². The third kappa shape index (κ3) is 0.936. The Morgan fingerprint density at radius 3 is 2.93 bits per heavy atom. The van der Waals surface area contributed by atoms with Crippen molar-refractivity contribution in [1.82, 2.24) is 0 Å². The van der Waals surface area contributed by atoms with Crippen molar-refractivity contribution in [2.75, 3.05) is 0 Å². The molecule has 0 aromatic carbocycles. The van der Waals surface area contributed by atoms with Crippen molar-refractivity contribution < 1.29 is 4.79 Å². The van der Waals surface area contributed by atoms with Gasteiger partial charge in [0.2, 0.25) is 0 Å². The fraction of sp³-hybridized carbons (Fsp3) is 0.923. The number of carbonyl (C=O) groups is 1. The van der Waals surface area contributed by atoms with Crippen molar-refractivity contribution in [3.05, 3.63) is 0 Å². The molecule has 1 nitrogen and oxygen atoms in total. The van der Waals surface area contributed by atoms with Gasteiger partial charge in [0.05, 0.1) is 0 Å². The van der Waals surface area contributed by atoms with E-state index in [1.807, 2.05) is 0 Å². The highest BCUT2D eigenvalue weighted by Gasteiger charge is 2.62. The highest BCUT2D eigenvalue weighted by molar-refractivity contribution is 5.85. The molecule has 3 aliphatic rings. The number of hydrogen-bond acceptors (Lipinski definition) is 1. The lowest BCUT2D eigenvalue weighted by Gasteiger charge is -2.29. The van der Waals surface area contributed by atoms with Gasteiger partial charge in [0, 0.05) is 12.3 Å². The quantitative estimate of drug-likeness (QED) is 0.576. The second kappa shape index (κ2) is 2.43. The smallest absolute Gasteiger partial charge is 0.136 e. The average Bonchev–Trinajstić information content (AvgIpc) is 2.60. The molecule has 0 radical (unpaired) electrons. The topological polar surface area (TPSA) is 17.1 Å². The summed E-state index contributed by atoms with van der Waals surface area (Å²) in [6.45, 7) is 4.78. The van der Waals surface area contributed by atoms with Gasteiger partial charge in [-0.1, -0.05) is 20.3 Å². The summed E-state index contributed by atoms with van der Waals surface area (Å²) < 4.78 is 0. The summed E-state index contributed by atoms with van der Waals surface area (Å²) in [5.74, 6) is 1.81. The van der Waals surface area contributed by atoms with E-state index in [-0.39, 0.29) is 0 Å². The first-order valence-corrected chi connectivity index (χ1v) is 6.06. The van der Waals surface area contributed by atoms with E-state index < -0.39 is 0 Å². The van der Waals surface area contributed by atoms with Crippen LogP contribution in [0.3, 0.4) is 0 Å². The maximum absolute atomic E-state index is 11.9. The molecule has 3 fully saturated rings. The van der Waals surface area contributed by atoms with Crippen LogP contribution in [0.5, 0.6) is 0 Å². The Labute approximate surface area is 86.3 Å². The monoisotopic (exact) mass is 192 g/mol. The van der Waals surface area contributed by atoms with Crippen molar-refractivity contribution in [2.45, 2.75) is 52.4 Å². The van der Waals surface area contributed by atoms with Crippen molar-refractivity contribution in [2.24, 2.45) is 22.7 Å². The molecule has 0 bridgehead atoms. The van der Waals surface area contributed by atoms with Crippen LogP contribution in [0.15, 0.2) is 0 Å². The standard InChI is InChI=1S/C13H20O/c1-12(2)7-9-6-11(14)10-4-3-5-13(9,10)8-12/h9-10H,3-8H2,1-2H3/t9-,10+,13+/m1/s1. The largest absolute Gasteiger partial charge is 0.299 e. The molecule has 0 aromatic heterocycles. The van der Waals surface area contributed by atoms with Crippen molar-refractivity contribution >= 4 is 5.78 Å². The molecular formula is C13H20O. The predicted molar refractivity (Wildman–Crippen MR) is 55.9 cm³/mol. The summed E-state index contributed by atoms with van der Waals surface area (Å²) in [5, 5.41) is 0. The van der Waals surface area contributed by atoms with E-state index in [0.717, 1.165) is 12.3 Å². The molecule has 3 rings (SSSR count). The molecule has 0 aromatic rings. The van der Waals surface area contributed by atoms with Crippen molar-refractivity contribution in [3.8, 4) is 0 Å². The zero-order valence-electron chi connectivity index (χ0n) is 9.31. The van der Waals surface area contributed by atoms with Gasteiger partial charge in [-0.15, -0.1) is 0 Å². The summed E-state index contributed by atoms with van der Waals surface area (Å²) >= 11 is 0. The normalized spacial score (nSPS) is 49.4. The molecule has 0 heterocycles. The van der Waals surface area contributed by atoms with Gasteiger partial charge in [0.1, 0.15) is 5.78 Å². The Hall–Kier alpha value is -0.330. The zero-order chi connectivity index (χ0) is 9.97. The molecular weight excluding hydrogens is 172 g/mol. The zero-order valence-corrected chi connectivity index (χ0v) is 9.31. The number of rotatable bonds is 0. The van der Waals surface area contributed by atoms with Gasteiger partial charge in [-0.05, 0) is 42.4 Å². The van der Waals surface area contributed by atoms with Gasteiger partial charge < -0.3 is 0 Å². The van der Waals surface area contributed by atoms with Gasteiger partial charge in [0.25, 0.3) is 0 Å². The Kier molecular flexibility index (Phi) is 1.55. The van der Waals surface area contributed by atoms with Crippen molar-refractivity contribution in [3.63, 3.8) is 0 Å². The molecule has 0 saturated heterocycles. The molecule has 3 saturated carbocycles. The molecule has 1 heteroatoms. The van der Waals surface area contributed by atoms with E-state index in [4.69, 9.17) is 0 Å². The van der Waals surface area contributed by atoms with Crippen LogP contribution in [-0.4, -0.2) is 5.78 Å². The van der Waals surface area contributed by atoms with Gasteiger partial charge >= 0.3 is 0 Å². The first kappa shape index (κ1) is 8.94. The van der Waals surface area contributed by atoms with Gasteiger partial charge in [-0.25, -0.2) is 0 Å². The molecule has 0 unspecified atom stereocenters. The summed E-state index contributed by atoms with van der Waals surface area (Å²) in [4.78, 5) is 11.9. The first-order valence-electron chi connectivity index (χ1n) is 6.06. The summed E-state index contributed by atoms with van der Waals surface area (Å²) in [6.07, 6.45) is 7.39. The summed E-state index contributed by atoms with van der Waals surface area (Å²) in [7, 11) is 0. The van der Waals surface area contributed by atoms with E-state index in [2.05, 4.69) is 13.8 Å². The van der Waals surface area contributed by atoms with Crippen molar-refractivity contribution in [1.29, 1.82) is 0 Å². The minimum Gasteiger partial charge on any atom is -0.299 e. The number of carbonyl (C=O) groups excluding carboxylic acids is 1. The van der Waals surface area contributed by atoms with Gasteiger partial charge in [0.15, 0.2) is 0 Å². The minimum atomic E-state index is 0.467. The van der Waals surface area contributed by atoms with Crippen LogP contribution in [0.4, 0.5) is 0 Å². The minimum absolute atomic E-state index is 0.467. The molecule has 14 heavy (non-hydrogen) atoms. The van der Waals surface area contributed by atoms with E-state index in [9.17, 15) is 4.79 Å². The van der Waals surface area contributed by atoms with Gasteiger partial charge in [-0.2, -0.15) is 0 Å². The Balaban J connectivity index is 2.00. The fourth-order valence-electron chi connectivity index (χ4n) is 4.92. The Morgan fingerprint density at radius 2 is 2.14 bits per heavy atom. The average molecular weight is 192 g/mol. The van der Waals surface area contributed by atoms with Crippen LogP contribution in [0.1, 0.15) is 52.4 Å². The first-order chi connectivity index (χ1) is 6.54. The van der Waals surface area contributed by atoms with E-state index in [1.54, 1.807) is 0 Å². The molecule has 3 aliphatic carbocycles. The molecule has 0 aliphatic heterocycles. The summed E-state index contributed by atoms with van der Waals surface area (Å²) in [6, 6.07) is 0. The number of hydrogen-bond donors (Lipinski definition) is 0. The Morgan fingerprint density at radius 1 is 1.36 bits per heavy atom. The highest BCUT2D eigenvalue weighted by Crippen LogP contribution is 2.67. The lowest BCUT2D eigenvalue weighted by molar-refractivity contribution is -0.122. The highest BCUT2D eigenvalue weighted by atomic mass is 16.1. The maximum atomic E-state index is 11.9.